The summed E-state index contributed by atoms with van der Waals surface area (Å²) >= 11 is 6.96. The van der Waals surface area contributed by atoms with E-state index in [-0.39, 0.29) is 36.3 Å². The Balaban J connectivity index is 1.58. The van der Waals surface area contributed by atoms with Gasteiger partial charge in [0.2, 0.25) is 0 Å². The van der Waals surface area contributed by atoms with E-state index in [0.29, 0.717) is 47.9 Å². The maximum atomic E-state index is 14.1. The van der Waals surface area contributed by atoms with Gasteiger partial charge in [0.1, 0.15) is 18.2 Å². The molecule has 240 valence electrons. The van der Waals surface area contributed by atoms with Crippen molar-refractivity contribution in [3.8, 4) is 17.2 Å². The summed E-state index contributed by atoms with van der Waals surface area (Å²) in [5.41, 5.74) is 2.26. The number of rotatable bonds is 10. The quantitative estimate of drug-likeness (QED) is 0.131. The molecule has 0 radical (unpaired) electrons. The van der Waals surface area contributed by atoms with Crippen molar-refractivity contribution < 1.29 is 28.1 Å². The highest BCUT2D eigenvalue weighted by Gasteiger charge is 2.34. The zero-order valence-corrected chi connectivity index (χ0v) is 30.3. The molecule has 1 aliphatic rings. The molecule has 0 bridgehead atoms. The van der Waals surface area contributed by atoms with E-state index in [1.54, 1.807) is 57.4 Å². The lowest BCUT2D eigenvalue weighted by molar-refractivity contribution is -0.139. The number of benzene rings is 3. The Morgan fingerprint density at radius 2 is 1.93 bits per heavy atom. The first-order chi connectivity index (χ1) is 22.0. The molecular formula is C34H31BrFIN2O6S. The highest BCUT2D eigenvalue weighted by molar-refractivity contribution is 14.1. The standard InChI is InChI=1S/C34H31BrFIN2O6S/c1-6-43-33(41)29-19(4)38-34-39(30(29)21-11-12-26(45-18(2)3)27(16-21)42-5)32(40)28(46-34)15-20-13-23(35)31(25(37)14-20)44-17-22-9-7-8-10-24(22)36/h7-16,18,30H,6,17H2,1-5H3/b28-15-/t30-/m0/s1. The van der Waals surface area contributed by atoms with Gasteiger partial charge in [0.25, 0.3) is 5.56 Å². The summed E-state index contributed by atoms with van der Waals surface area (Å²) in [7, 11) is 1.54. The van der Waals surface area contributed by atoms with E-state index in [0.717, 1.165) is 9.13 Å². The third-order valence-electron chi connectivity index (χ3n) is 7.03. The zero-order chi connectivity index (χ0) is 33.1. The Hall–Kier alpha value is -3.49. The van der Waals surface area contributed by atoms with Gasteiger partial charge >= 0.3 is 5.97 Å². The van der Waals surface area contributed by atoms with Crippen molar-refractivity contribution in [3.05, 3.63) is 116 Å². The Labute approximate surface area is 291 Å². The van der Waals surface area contributed by atoms with E-state index in [9.17, 15) is 14.0 Å². The van der Waals surface area contributed by atoms with Crippen LogP contribution in [0.2, 0.25) is 0 Å². The van der Waals surface area contributed by atoms with Gasteiger partial charge in [-0.15, -0.1) is 0 Å². The van der Waals surface area contributed by atoms with E-state index < -0.39 is 12.0 Å². The second-order valence-corrected chi connectivity index (χ2v) is 13.6. The number of hydrogen-bond acceptors (Lipinski definition) is 8. The third kappa shape index (κ3) is 7.08. The highest BCUT2D eigenvalue weighted by Crippen LogP contribution is 2.37. The smallest absolute Gasteiger partial charge is 0.338 e. The molecule has 1 atom stereocenters. The SMILES string of the molecule is CCOC(=O)C1=C(C)N=c2s/c(=C\c3cc(Br)c(OCc4ccccc4F)c(I)c3)c(=O)n2[C@H]1c1ccc(OC(C)C)c(OC)c1. The van der Waals surface area contributed by atoms with Crippen LogP contribution in [0.1, 0.15) is 50.4 Å². The fourth-order valence-electron chi connectivity index (χ4n) is 5.03. The van der Waals surface area contributed by atoms with Crippen molar-refractivity contribution in [1.29, 1.82) is 0 Å². The van der Waals surface area contributed by atoms with Crippen molar-refractivity contribution in [2.24, 2.45) is 4.99 Å². The molecule has 1 aliphatic heterocycles. The van der Waals surface area contributed by atoms with Gasteiger partial charge in [-0.05, 0) is 114 Å². The van der Waals surface area contributed by atoms with Crippen LogP contribution in [-0.2, 0) is 16.1 Å². The fourth-order valence-corrected chi connectivity index (χ4v) is 7.85. The number of aromatic nitrogens is 1. The first kappa shape index (κ1) is 33.9. The molecule has 2 heterocycles. The van der Waals surface area contributed by atoms with E-state index in [1.165, 1.54) is 22.0 Å². The summed E-state index contributed by atoms with van der Waals surface area (Å²) < 4.78 is 40.4. The van der Waals surface area contributed by atoms with Crippen molar-refractivity contribution in [2.45, 2.75) is 46.4 Å². The fraction of sp³-hybridized carbons (Fsp3) is 0.265. The van der Waals surface area contributed by atoms with Gasteiger partial charge in [0.15, 0.2) is 16.3 Å². The lowest BCUT2D eigenvalue weighted by Gasteiger charge is -2.25. The third-order valence-corrected chi connectivity index (χ3v) is 9.40. The molecule has 0 amide bonds. The molecule has 1 aromatic heterocycles. The minimum absolute atomic E-state index is 0.0662. The number of esters is 1. The number of fused-ring (bicyclic) bond motifs is 1. The van der Waals surface area contributed by atoms with Crippen molar-refractivity contribution >= 4 is 61.9 Å². The number of carbonyl (C=O) groups excluding carboxylic acids is 1. The topological polar surface area (TPSA) is 88.4 Å². The predicted molar refractivity (Wildman–Crippen MR) is 187 cm³/mol. The first-order valence-corrected chi connectivity index (χ1v) is 17.1. The number of allylic oxidation sites excluding steroid dienone is 1. The van der Waals surface area contributed by atoms with Crippen LogP contribution in [0.25, 0.3) is 6.08 Å². The number of carbonyl (C=O) groups is 1. The van der Waals surface area contributed by atoms with Gasteiger partial charge in [0.05, 0.1) is 49.7 Å². The van der Waals surface area contributed by atoms with Crippen LogP contribution in [0.3, 0.4) is 0 Å². The largest absolute Gasteiger partial charge is 0.493 e. The van der Waals surface area contributed by atoms with E-state index in [1.807, 2.05) is 32.0 Å². The second kappa shape index (κ2) is 14.5. The molecule has 0 saturated heterocycles. The normalized spacial score (nSPS) is 14.6. The predicted octanol–water partition coefficient (Wildman–Crippen LogP) is 6.68. The lowest BCUT2D eigenvalue weighted by Crippen LogP contribution is -2.40. The summed E-state index contributed by atoms with van der Waals surface area (Å²) in [4.78, 5) is 32.5. The molecule has 46 heavy (non-hydrogen) atoms. The number of hydrogen-bond donors (Lipinski definition) is 0. The summed E-state index contributed by atoms with van der Waals surface area (Å²) in [5, 5.41) is 0. The molecule has 12 heteroatoms. The van der Waals surface area contributed by atoms with Crippen LogP contribution >= 0.6 is 49.9 Å². The number of thiazole rings is 1. The molecule has 0 unspecified atom stereocenters. The molecule has 4 aromatic rings. The first-order valence-electron chi connectivity index (χ1n) is 14.4. The molecule has 0 saturated carbocycles. The maximum Gasteiger partial charge on any atom is 0.338 e. The van der Waals surface area contributed by atoms with Crippen LogP contribution in [0.4, 0.5) is 4.39 Å². The minimum atomic E-state index is -0.805. The van der Waals surface area contributed by atoms with Crippen molar-refractivity contribution in [3.63, 3.8) is 0 Å². The Morgan fingerprint density at radius 1 is 1.17 bits per heavy atom. The van der Waals surface area contributed by atoms with E-state index in [4.69, 9.17) is 18.9 Å². The van der Waals surface area contributed by atoms with Gasteiger partial charge in [-0.1, -0.05) is 35.6 Å². The second-order valence-electron chi connectivity index (χ2n) is 10.6. The lowest BCUT2D eigenvalue weighted by atomic mass is 9.95. The molecular weight excluding hydrogens is 790 g/mol. The van der Waals surface area contributed by atoms with Crippen LogP contribution in [0, 0.1) is 9.39 Å². The van der Waals surface area contributed by atoms with Crippen LogP contribution < -0.4 is 29.1 Å². The van der Waals surface area contributed by atoms with Gasteiger partial charge < -0.3 is 18.9 Å². The number of nitrogens with zero attached hydrogens (tertiary/aromatic N) is 2. The molecule has 0 fully saturated rings. The maximum absolute atomic E-state index is 14.1. The van der Waals surface area contributed by atoms with Crippen molar-refractivity contribution in [1.82, 2.24) is 4.57 Å². The monoisotopic (exact) mass is 820 g/mol. The number of ether oxygens (including phenoxy) is 4. The zero-order valence-electron chi connectivity index (χ0n) is 25.7. The molecule has 0 aliphatic carbocycles. The van der Waals surface area contributed by atoms with Gasteiger partial charge in [0, 0.05) is 5.56 Å². The summed E-state index contributed by atoms with van der Waals surface area (Å²) in [6.07, 6.45) is 1.70. The number of methoxy groups -OCH3 is 1. The summed E-state index contributed by atoms with van der Waals surface area (Å²) in [6.45, 7) is 7.55. The Kier molecular flexibility index (Phi) is 10.7. The van der Waals surface area contributed by atoms with Gasteiger partial charge in [-0.25, -0.2) is 14.2 Å². The summed E-state index contributed by atoms with van der Waals surface area (Å²) in [5.74, 6) is 0.708. The van der Waals surface area contributed by atoms with Gasteiger partial charge in [-0.3, -0.25) is 9.36 Å². The molecule has 3 aromatic carbocycles. The molecule has 0 spiro atoms. The number of halogens is 3. The van der Waals surface area contributed by atoms with Crippen LogP contribution in [0.15, 0.2) is 80.1 Å². The van der Waals surface area contributed by atoms with Crippen LogP contribution in [0.5, 0.6) is 17.2 Å². The van der Waals surface area contributed by atoms with Crippen molar-refractivity contribution in [2.75, 3.05) is 13.7 Å². The average Bonchev–Trinajstić information content (AvgIpc) is 3.30. The summed E-state index contributed by atoms with van der Waals surface area (Å²) in [6, 6.07) is 14.7. The van der Waals surface area contributed by atoms with Gasteiger partial charge in [-0.2, -0.15) is 0 Å². The molecule has 8 nitrogen and oxygen atoms in total. The minimum Gasteiger partial charge on any atom is -0.493 e. The Morgan fingerprint density at radius 3 is 2.61 bits per heavy atom. The Bertz CT molecular complexity index is 2000. The van der Waals surface area contributed by atoms with E-state index >= 15 is 0 Å². The highest BCUT2D eigenvalue weighted by atomic mass is 127. The average molecular weight is 822 g/mol. The van der Waals surface area contributed by atoms with E-state index in [2.05, 4.69) is 43.5 Å². The van der Waals surface area contributed by atoms with Crippen LogP contribution in [-0.4, -0.2) is 30.4 Å². The molecule has 0 N–H and O–H groups in total. The molecule has 5 rings (SSSR count).